The van der Waals surface area contributed by atoms with Crippen molar-refractivity contribution in [3.63, 3.8) is 0 Å². The number of nitrogens with one attached hydrogen (secondary N) is 2. The Hall–Kier alpha value is -1.67. The zero-order chi connectivity index (χ0) is 19.4. The van der Waals surface area contributed by atoms with Gasteiger partial charge in [-0.3, -0.25) is 20.4 Å². The van der Waals surface area contributed by atoms with Crippen molar-refractivity contribution in [3.05, 3.63) is 16.3 Å². The van der Waals surface area contributed by atoms with Crippen LogP contribution in [0, 0.1) is 19.8 Å². The first-order chi connectivity index (χ1) is 13.0. The molecule has 146 valence electrons. The first kappa shape index (κ1) is 20.1. The molecule has 0 radical (unpaired) electrons. The highest BCUT2D eigenvalue weighted by Crippen LogP contribution is 2.35. The van der Waals surface area contributed by atoms with Crippen LogP contribution < -0.4 is 10.9 Å². The Morgan fingerprint density at radius 1 is 1.15 bits per heavy atom. The monoisotopic (exact) mass is 406 g/mol. The van der Waals surface area contributed by atoms with Crippen LogP contribution in [0.2, 0.25) is 0 Å². The lowest BCUT2D eigenvalue weighted by Crippen LogP contribution is -2.45. The molecular weight excluding hydrogens is 380 g/mol. The van der Waals surface area contributed by atoms with E-state index < -0.39 is 0 Å². The fraction of sp³-hybridized carbons (Fsp3) is 0.579. The lowest BCUT2D eigenvalue weighted by molar-refractivity contribution is -0.131. The second-order valence-corrected chi connectivity index (χ2v) is 9.09. The number of aromatic nitrogens is 2. The lowest BCUT2D eigenvalue weighted by Gasteiger charge is -2.20. The van der Waals surface area contributed by atoms with Crippen molar-refractivity contribution < 1.29 is 9.59 Å². The summed E-state index contributed by atoms with van der Waals surface area (Å²) in [5, 5.41) is 1.88. The molecule has 2 aromatic rings. The largest absolute Gasteiger partial charge is 0.273 e. The summed E-state index contributed by atoms with van der Waals surface area (Å²) >= 11 is 3.06. The van der Waals surface area contributed by atoms with E-state index in [9.17, 15) is 9.59 Å². The highest BCUT2D eigenvalue weighted by Gasteiger charge is 2.21. The number of rotatable bonds is 5. The second kappa shape index (κ2) is 9.01. The summed E-state index contributed by atoms with van der Waals surface area (Å²) in [7, 11) is 0. The summed E-state index contributed by atoms with van der Waals surface area (Å²) in [6, 6.07) is 0. The van der Waals surface area contributed by atoms with Crippen molar-refractivity contribution in [3.8, 4) is 0 Å². The fourth-order valence-electron chi connectivity index (χ4n) is 3.29. The van der Waals surface area contributed by atoms with Crippen LogP contribution in [0.5, 0.6) is 0 Å². The summed E-state index contributed by atoms with van der Waals surface area (Å²) < 4.78 is 0. The molecule has 6 nitrogen and oxygen atoms in total. The van der Waals surface area contributed by atoms with Gasteiger partial charge in [0.25, 0.3) is 0 Å². The third-order valence-electron chi connectivity index (χ3n) is 5.00. The molecule has 0 aliphatic heterocycles. The standard InChI is InChI=1S/C19H26N4O2S2/c1-4-14-20-18(16-11(2)12(3)27-19(16)21-14)26-10-15(24)22-23-17(25)13-8-6-5-7-9-13/h13H,4-10H2,1-3H3,(H,22,24)(H,23,25). The first-order valence-corrected chi connectivity index (χ1v) is 11.3. The minimum Gasteiger partial charge on any atom is -0.273 e. The van der Waals surface area contributed by atoms with Gasteiger partial charge in [-0.2, -0.15) is 0 Å². The second-order valence-electron chi connectivity index (χ2n) is 6.92. The van der Waals surface area contributed by atoms with Gasteiger partial charge in [0.15, 0.2) is 0 Å². The Balaban J connectivity index is 1.60. The number of carbonyl (C=O) groups excluding carboxylic acids is 2. The highest BCUT2D eigenvalue weighted by atomic mass is 32.2. The lowest BCUT2D eigenvalue weighted by atomic mass is 9.89. The van der Waals surface area contributed by atoms with Crippen LogP contribution in [0.1, 0.15) is 55.3 Å². The van der Waals surface area contributed by atoms with E-state index in [1.54, 1.807) is 11.3 Å². The van der Waals surface area contributed by atoms with Crippen LogP contribution in [0.4, 0.5) is 0 Å². The molecule has 0 saturated heterocycles. The van der Waals surface area contributed by atoms with Gasteiger partial charge >= 0.3 is 0 Å². The Bertz CT molecular complexity index is 844. The van der Waals surface area contributed by atoms with E-state index in [-0.39, 0.29) is 23.5 Å². The number of amides is 2. The van der Waals surface area contributed by atoms with Crippen molar-refractivity contribution in [2.24, 2.45) is 5.92 Å². The number of carbonyl (C=O) groups is 2. The average Bonchev–Trinajstić information content (AvgIpc) is 2.98. The minimum atomic E-state index is -0.224. The Morgan fingerprint density at radius 3 is 2.59 bits per heavy atom. The molecule has 0 bridgehead atoms. The number of thioether (sulfide) groups is 1. The van der Waals surface area contributed by atoms with Gasteiger partial charge < -0.3 is 0 Å². The topological polar surface area (TPSA) is 84.0 Å². The van der Waals surface area contributed by atoms with Crippen molar-refractivity contribution >= 4 is 45.1 Å². The number of thiophene rings is 1. The summed E-state index contributed by atoms with van der Waals surface area (Å²) in [6.07, 6.45) is 5.94. The van der Waals surface area contributed by atoms with E-state index >= 15 is 0 Å². The predicted molar refractivity (Wildman–Crippen MR) is 110 cm³/mol. The zero-order valence-corrected chi connectivity index (χ0v) is 17.7. The van der Waals surface area contributed by atoms with Crippen LogP contribution in [0.3, 0.4) is 0 Å². The molecular formula is C19H26N4O2S2. The Kier molecular flexibility index (Phi) is 6.70. The molecule has 3 rings (SSSR count). The van der Waals surface area contributed by atoms with Gasteiger partial charge in [-0.05, 0) is 32.3 Å². The van der Waals surface area contributed by atoms with Gasteiger partial charge in [0, 0.05) is 22.6 Å². The molecule has 1 saturated carbocycles. The normalized spacial score (nSPS) is 15.1. The fourth-order valence-corrected chi connectivity index (χ4v) is 5.30. The van der Waals surface area contributed by atoms with Gasteiger partial charge in [-0.1, -0.05) is 37.9 Å². The van der Waals surface area contributed by atoms with E-state index in [0.29, 0.717) is 0 Å². The van der Waals surface area contributed by atoms with Crippen LogP contribution >= 0.6 is 23.1 Å². The van der Waals surface area contributed by atoms with Crippen molar-refractivity contribution in [2.45, 2.75) is 64.3 Å². The van der Waals surface area contributed by atoms with Gasteiger partial charge in [-0.15, -0.1) is 11.3 Å². The number of aryl methyl sites for hydroxylation is 3. The maximum Gasteiger partial charge on any atom is 0.248 e. The molecule has 1 aliphatic carbocycles. The van der Waals surface area contributed by atoms with E-state index in [0.717, 1.165) is 53.2 Å². The maximum absolute atomic E-state index is 12.2. The number of hydrogen-bond donors (Lipinski definition) is 2. The molecule has 0 aromatic carbocycles. The summed E-state index contributed by atoms with van der Waals surface area (Å²) in [5.74, 6) is 0.719. The number of fused-ring (bicyclic) bond motifs is 1. The van der Waals surface area contributed by atoms with Gasteiger partial charge in [0.2, 0.25) is 11.8 Å². The summed E-state index contributed by atoms with van der Waals surface area (Å²) in [4.78, 5) is 35.8. The van der Waals surface area contributed by atoms with Crippen LogP contribution in [0.25, 0.3) is 10.2 Å². The molecule has 2 heterocycles. The van der Waals surface area contributed by atoms with Crippen molar-refractivity contribution in [1.82, 2.24) is 20.8 Å². The van der Waals surface area contributed by atoms with E-state index in [2.05, 4.69) is 34.7 Å². The molecule has 8 heteroatoms. The first-order valence-electron chi connectivity index (χ1n) is 9.47. The van der Waals surface area contributed by atoms with Crippen LogP contribution in [-0.2, 0) is 16.0 Å². The zero-order valence-electron chi connectivity index (χ0n) is 16.1. The number of nitrogens with zero attached hydrogens (tertiary/aromatic N) is 2. The molecule has 0 atom stereocenters. The minimum absolute atomic E-state index is 0.0248. The van der Waals surface area contributed by atoms with Gasteiger partial charge in [0.05, 0.1) is 5.75 Å². The molecule has 1 aliphatic rings. The van der Waals surface area contributed by atoms with E-state index in [1.165, 1.54) is 28.6 Å². The number of hydrazine groups is 1. The quantitative estimate of drug-likeness (QED) is 0.449. The van der Waals surface area contributed by atoms with E-state index in [4.69, 9.17) is 0 Å². The molecule has 2 aromatic heterocycles. The molecule has 2 amide bonds. The van der Waals surface area contributed by atoms with Gasteiger partial charge in [0.1, 0.15) is 15.7 Å². The summed E-state index contributed by atoms with van der Waals surface area (Å²) in [5.41, 5.74) is 6.30. The molecule has 27 heavy (non-hydrogen) atoms. The molecule has 0 unspecified atom stereocenters. The average molecular weight is 407 g/mol. The van der Waals surface area contributed by atoms with Gasteiger partial charge in [-0.25, -0.2) is 9.97 Å². The SMILES string of the molecule is CCc1nc(SCC(=O)NNC(=O)C2CCCCC2)c2c(C)c(C)sc2n1. The molecule has 1 fully saturated rings. The number of hydrogen-bond acceptors (Lipinski definition) is 6. The molecule has 0 spiro atoms. The molecule has 2 N–H and O–H groups in total. The third-order valence-corrected chi connectivity index (χ3v) is 7.08. The Morgan fingerprint density at radius 2 is 1.89 bits per heavy atom. The van der Waals surface area contributed by atoms with Crippen molar-refractivity contribution in [1.29, 1.82) is 0 Å². The third kappa shape index (κ3) is 4.79. The van der Waals surface area contributed by atoms with Crippen molar-refractivity contribution in [2.75, 3.05) is 5.75 Å². The smallest absolute Gasteiger partial charge is 0.248 e. The predicted octanol–water partition coefficient (Wildman–Crippen LogP) is 3.69. The summed E-state index contributed by atoms with van der Waals surface area (Å²) in [6.45, 7) is 6.17. The van der Waals surface area contributed by atoms with Crippen LogP contribution in [-0.4, -0.2) is 27.5 Å². The van der Waals surface area contributed by atoms with E-state index in [1.807, 2.05) is 6.92 Å². The highest BCUT2D eigenvalue weighted by molar-refractivity contribution is 8.00. The maximum atomic E-state index is 12.2. The Labute approximate surface area is 167 Å². The van der Waals surface area contributed by atoms with Crippen LogP contribution in [0.15, 0.2) is 5.03 Å².